The zero-order chi connectivity index (χ0) is 25.3. The molecule has 2 aromatic heterocycles. The van der Waals surface area contributed by atoms with Gasteiger partial charge in [0.15, 0.2) is 0 Å². The average Bonchev–Trinajstić information content (AvgIpc) is 3.48. The van der Waals surface area contributed by atoms with Gasteiger partial charge in [0.2, 0.25) is 10.9 Å². The molecule has 0 fully saturated rings. The molecule has 184 valence electrons. The maximum absolute atomic E-state index is 13.6. The van der Waals surface area contributed by atoms with Crippen LogP contribution < -0.4 is 9.04 Å². The molecule has 0 unspecified atom stereocenters. The van der Waals surface area contributed by atoms with E-state index in [2.05, 4.69) is 20.6 Å². The van der Waals surface area contributed by atoms with Gasteiger partial charge in [-0.1, -0.05) is 12.1 Å². The van der Waals surface area contributed by atoms with Crippen molar-refractivity contribution >= 4 is 15.7 Å². The lowest BCUT2D eigenvalue weighted by Gasteiger charge is -2.29. The molecule has 0 amide bonds. The van der Waals surface area contributed by atoms with Gasteiger partial charge in [-0.25, -0.2) is 0 Å². The molecule has 4 rings (SSSR count). The molecule has 1 N–H and O–H groups in total. The Morgan fingerprint density at radius 2 is 1.74 bits per heavy atom. The number of nitrogens with zero attached hydrogens (tertiary/aromatic N) is 4. The minimum absolute atomic E-state index is 0.0965. The summed E-state index contributed by atoms with van der Waals surface area (Å²) in [6, 6.07) is 12.3. The first kappa shape index (κ1) is 24.5. The molecule has 0 aliphatic rings. The number of tetrazole rings is 1. The van der Waals surface area contributed by atoms with E-state index in [9.17, 15) is 8.42 Å². The number of aromatic amines is 1. The van der Waals surface area contributed by atoms with E-state index in [4.69, 9.17) is 9.15 Å². The van der Waals surface area contributed by atoms with E-state index >= 15 is 0 Å². The lowest BCUT2D eigenvalue weighted by Crippen LogP contribution is -2.37. The summed E-state index contributed by atoms with van der Waals surface area (Å²) in [5.74, 6) is 1.53. The van der Waals surface area contributed by atoms with Crippen LogP contribution in [-0.4, -0.2) is 35.1 Å². The molecule has 0 saturated heterocycles. The Balaban J connectivity index is 1.69. The highest BCUT2D eigenvalue weighted by Crippen LogP contribution is 2.37. The lowest BCUT2D eigenvalue weighted by molar-refractivity contribution is 0.305. The molecule has 9 nitrogen and oxygen atoms in total. The number of aryl methyl sites for hydroxylation is 4. The first-order valence-electron chi connectivity index (χ1n) is 11.3. The van der Waals surface area contributed by atoms with Crippen molar-refractivity contribution < 1.29 is 17.6 Å². The number of H-pyrrole nitrogens is 1. The fourth-order valence-electron chi connectivity index (χ4n) is 3.83. The number of hydrogen-bond acceptors (Lipinski definition) is 7. The molecule has 0 aliphatic carbocycles. The van der Waals surface area contributed by atoms with Gasteiger partial charge in [-0.05, 0) is 99.3 Å². The second-order valence-electron chi connectivity index (χ2n) is 8.83. The Kier molecular flexibility index (Phi) is 6.66. The predicted molar refractivity (Wildman–Crippen MR) is 133 cm³/mol. The monoisotopic (exact) mass is 495 g/mol. The highest BCUT2D eigenvalue weighted by atomic mass is 32.2. The summed E-state index contributed by atoms with van der Waals surface area (Å²) in [4.78, 5) is 0. The molecule has 0 aliphatic heterocycles. The van der Waals surface area contributed by atoms with Crippen LogP contribution in [-0.2, 0) is 16.6 Å². The van der Waals surface area contributed by atoms with Crippen molar-refractivity contribution in [1.82, 2.24) is 20.6 Å². The van der Waals surface area contributed by atoms with Crippen LogP contribution in [0.25, 0.3) is 11.4 Å². The van der Waals surface area contributed by atoms with Gasteiger partial charge in [0.1, 0.15) is 18.1 Å². The van der Waals surface area contributed by atoms with Crippen LogP contribution in [0.4, 0.5) is 5.69 Å². The SMILES string of the molecule is Cc1ccc(S(=O)(=O)N(c2cc(C)c(C)cc2OCc2ccc(-c3nn[nH]n3)cc2C)C(C)C)o1. The van der Waals surface area contributed by atoms with Crippen LogP contribution in [0.1, 0.15) is 41.9 Å². The fourth-order valence-corrected chi connectivity index (χ4v) is 5.46. The first-order chi connectivity index (χ1) is 16.6. The summed E-state index contributed by atoms with van der Waals surface area (Å²) in [6.07, 6.45) is 0. The second-order valence-corrected chi connectivity index (χ2v) is 10.6. The number of ether oxygens (including phenoxy) is 1. The lowest BCUT2D eigenvalue weighted by atomic mass is 10.1. The quantitative estimate of drug-likeness (QED) is 0.371. The van der Waals surface area contributed by atoms with Crippen molar-refractivity contribution in [3.8, 4) is 17.1 Å². The Morgan fingerprint density at radius 3 is 2.34 bits per heavy atom. The number of anilines is 1. The van der Waals surface area contributed by atoms with E-state index in [1.807, 2.05) is 65.0 Å². The number of rotatable bonds is 8. The predicted octanol–water partition coefficient (Wildman–Crippen LogP) is 4.88. The average molecular weight is 496 g/mol. The number of aromatic nitrogens is 4. The summed E-state index contributed by atoms with van der Waals surface area (Å²) in [7, 11) is -3.94. The maximum Gasteiger partial charge on any atom is 0.298 e. The van der Waals surface area contributed by atoms with Gasteiger partial charge in [0.05, 0.1) is 5.69 Å². The van der Waals surface area contributed by atoms with E-state index in [-0.39, 0.29) is 17.7 Å². The highest BCUT2D eigenvalue weighted by molar-refractivity contribution is 7.92. The van der Waals surface area contributed by atoms with Gasteiger partial charge in [-0.15, -0.1) is 10.2 Å². The largest absolute Gasteiger partial charge is 0.487 e. The van der Waals surface area contributed by atoms with Crippen LogP contribution in [0.3, 0.4) is 0 Å². The maximum atomic E-state index is 13.6. The minimum Gasteiger partial charge on any atom is -0.487 e. The van der Waals surface area contributed by atoms with Gasteiger partial charge in [0, 0.05) is 11.6 Å². The van der Waals surface area contributed by atoms with Crippen LogP contribution in [0, 0.1) is 27.7 Å². The van der Waals surface area contributed by atoms with Gasteiger partial charge >= 0.3 is 0 Å². The van der Waals surface area contributed by atoms with E-state index in [0.717, 1.165) is 27.8 Å². The first-order valence-corrected chi connectivity index (χ1v) is 12.7. The van der Waals surface area contributed by atoms with E-state index in [0.29, 0.717) is 23.0 Å². The molecule has 2 heterocycles. The summed E-state index contributed by atoms with van der Waals surface area (Å²) < 4.78 is 40.2. The zero-order valence-electron chi connectivity index (χ0n) is 20.7. The van der Waals surface area contributed by atoms with E-state index < -0.39 is 10.0 Å². The number of nitrogens with one attached hydrogen (secondary N) is 1. The molecular weight excluding hydrogens is 466 g/mol. The van der Waals surface area contributed by atoms with E-state index in [1.54, 1.807) is 13.0 Å². The fraction of sp³-hybridized carbons (Fsp3) is 0.320. The van der Waals surface area contributed by atoms with Crippen molar-refractivity contribution in [2.75, 3.05) is 4.31 Å². The number of furan rings is 1. The van der Waals surface area contributed by atoms with Gasteiger partial charge < -0.3 is 9.15 Å². The third kappa shape index (κ3) is 4.93. The van der Waals surface area contributed by atoms with Crippen LogP contribution in [0.15, 0.2) is 52.0 Å². The molecule has 0 spiro atoms. The molecule has 0 atom stereocenters. The molecule has 0 radical (unpaired) electrons. The topological polar surface area (TPSA) is 114 Å². The third-order valence-electron chi connectivity index (χ3n) is 5.84. The molecule has 0 bridgehead atoms. The van der Waals surface area contributed by atoms with Crippen LogP contribution in [0.5, 0.6) is 5.75 Å². The van der Waals surface area contributed by atoms with Crippen molar-refractivity contribution in [3.63, 3.8) is 0 Å². The Morgan fingerprint density at radius 1 is 1.00 bits per heavy atom. The van der Waals surface area contributed by atoms with Crippen molar-refractivity contribution in [2.45, 2.75) is 59.3 Å². The van der Waals surface area contributed by atoms with Gasteiger partial charge in [-0.2, -0.15) is 13.6 Å². The van der Waals surface area contributed by atoms with Crippen LogP contribution >= 0.6 is 0 Å². The van der Waals surface area contributed by atoms with Crippen molar-refractivity contribution in [2.24, 2.45) is 0 Å². The number of benzene rings is 2. The summed E-state index contributed by atoms with van der Waals surface area (Å²) in [5, 5.41) is 14.0. The van der Waals surface area contributed by atoms with Crippen molar-refractivity contribution in [1.29, 1.82) is 0 Å². The van der Waals surface area contributed by atoms with Crippen LogP contribution in [0.2, 0.25) is 0 Å². The zero-order valence-corrected chi connectivity index (χ0v) is 21.5. The number of hydrogen-bond donors (Lipinski definition) is 1. The molecule has 2 aromatic carbocycles. The van der Waals surface area contributed by atoms with Gasteiger partial charge in [0.25, 0.3) is 10.0 Å². The molecule has 4 aromatic rings. The molecule has 35 heavy (non-hydrogen) atoms. The summed E-state index contributed by atoms with van der Waals surface area (Å²) >= 11 is 0. The highest BCUT2D eigenvalue weighted by Gasteiger charge is 2.32. The minimum atomic E-state index is -3.94. The summed E-state index contributed by atoms with van der Waals surface area (Å²) in [6.45, 7) is 11.5. The second kappa shape index (κ2) is 9.53. The van der Waals surface area contributed by atoms with Crippen molar-refractivity contribution in [3.05, 3.63) is 70.5 Å². The third-order valence-corrected chi connectivity index (χ3v) is 7.70. The number of sulfonamides is 1. The Labute approximate surface area is 205 Å². The Bertz CT molecular complexity index is 1440. The summed E-state index contributed by atoms with van der Waals surface area (Å²) in [5.41, 5.74) is 5.24. The molecular formula is C25H29N5O4S. The molecule has 0 saturated carbocycles. The van der Waals surface area contributed by atoms with Gasteiger partial charge in [-0.3, -0.25) is 4.31 Å². The molecule has 10 heteroatoms. The Hall–Kier alpha value is -3.66. The normalized spacial score (nSPS) is 11.7. The van der Waals surface area contributed by atoms with E-state index in [1.165, 1.54) is 10.4 Å². The standard InChI is InChI=1S/C25H29N5O4S/c1-15(2)30(35(31,32)24-10-7-19(6)34-24)22-12-16(3)17(4)13-23(22)33-14-21-9-8-20(11-18(21)5)25-26-28-29-27-25/h7-13,15H,14H2,1-6H3,(H,26,27,28,29). The smallest absolute Gasteiger partial charge is 0.298 e.